The molecule has 1 aromatic carbocycles. The Balaban J connectivity index is 2.17. The van der Waals surface area contributed by atoms with Crippen molar-refractivity contribution in [2.45, 2.75) is 13.0 Å². The van der Waals surface area contributed by atoms with Crippen molar-refractivity contribution in [1.29, 1.82) is 0 Å². The first-order valence-electron chi connectivity index (χ1n) is 7.03. The number of carboxylic acid groups (broad SMARTS) is 1. The van der Waals surface area contributed by atoms with E-state index in [1.807, 2.05) is 4.90 Å². The molecule has 1 heterocycles. The van der Waals surface area contributed by atoms with Gasteiger partial charge >= 0.3 is 5.97 Å². The predicted molar refractivity (Wildman–Crippen MR) is 81.5 cm³/mol. The van der Waals surface area contributed by atoms with E-state index in [-0.39, 0.29) is 17.6 Å². The Bertz CT molecular complexity index is 555. The van der Waals surface area contributed by atoms with Crippen molar-refractivity contribution >= 4 is 23.3 Å². The maximum absolute atomic E-state index is 11.5. The van der Waals surface area contributed by atoms with Crippen molar-refractivity contribution in [3.8, 4) is 0 Å². The van der Waals surface area contributed by atoms with Crippen LogP contribution in [0.5, 0.6) is 0 Å². The lowest BCUT2D eigenvalue weighted by atomic mass is 10.1. The van der Waals surface area contributed by atoms with Crippen LogP contribution in [0.15, 0.2) is 18.2 Å². The summed E-state index contributed by atoms with van der Waals surface area (Å²) in [5, 5.41) is 12.0. The summed E-state index contributed by atoms with van der Waals surface area (Å²) in [6.45, 7) is 3.54. The predicted octanol–water partition coefficient (Wildman–Crippen LogP) is 1.19. The summed E-state index contributed by atoms with van der Waals surface area (Å²) in [6, 6.07) is 4.81. The van der Waals surface area contributed by atoms with E-state index in [1.54, 1.807) is 19.2 Å². The maximum atomic E-state index is 11.5. The van der Waals surface area contributed by atoms with Gasteiger partial charge in [0.15, 0.2) is 0 Å². The highest BCUT2D eigenvalue weighted by Crippen LogP contribution is 2.24. The quantitative estimate of drug-likeness (QED) is 0.849. The van der Waals surface area contributed by atoms with Crippen LogP contribution in [0.4, 0.5) is 11.4 Å². The molecule has 7 heteroatoms. The first-order valence-corrected chi connectivity index (χ1v) is 7.03. The number of rotatable bonds is 5. The lowest BCUT2D eigenvalue weighted by molar-refractivity contribution is -0.114. The summed E-state index contributed by atoms with van der Waals surface area (Å²) in [5.41, 5.74) is 1.15. The number of amides is 1. The fourth-order valence-electron chi connectivity index (χ4n) is 2.37. The van der Waals surface area contributed by atoms with Crippen molar-refractivity contribution < 1.29 is 24.2 Å². The number of benzene rings is 1. The number of nitrogens with zero attached hydrogens (tertiary/aromatic N) is 1. The SMILES string of the molecule is CC(=O)Nc1ccc(N(C)C[C@H]2COCCO2)c(C(=O)O)c1. The van der Waals surface area contributed by atoms with E-state index in [9.17, 15) is 14.7 Å². The molecule has 22 heavy (non-hydrogen) atoms. The van der Waals surface area contributed by atoms with Crippen LogP contribution in [0.2, 0.25) is 0 Å². The van der Waals surface area contributed by atoms with Crippen molar-refractivity contribution in [3.05, 3.63) is 23.8 Å². The van der Waals surface area contributed by atoms with Crippen molar-refractivity contribution in [3.63, 3.8) is 0 Å². The molecule has 0 unspecified atom stereocenters. The number of aromatic carboxylic acids is 1. The average molecular weight is 308 g/mol. The van der Waals surface area contributed by atoms with Gasteiger partial charge in [-0.1, -0.05) is 0 Å². The zero-order valence-electron chi connectivity index (χ0n) is 12.7. The first-order chi connectivity index (χ1) is 10.5. The molecule has 2 N–H and O–H groups in total. The molecule has 0 spiro atoms. The van der Waals surface area contributed by atoms with Crippen LogP contribution < -0.4 is 10.2 Å². The molecule has 1 amide bonds. The second-order valence-corrected chi connectivity index (χ2v) is 5.17. The molecule has 0 radical (unpaired) electrons. The summed E-state index contributed by atoms with van der Waals surface area (Å²) < 4.78 is 10.9. The normalized spacial score (nSPS) is 17.8. The monoisotopic (exact) mass is 308 g/mol. The van der Waals surface area contributed by atoms with E-state index in [1.165, 1.54) is 13.0 Å². The number of carbonyl (C=O) groups excluding carboxylic acids is 1. The van der Waals surface area contributed by atoms with Crippen molar-refractivity contribution in [2.24, 2.45) is 0 Å². The largest absolute Gasteiger partial charge is 0.478 e. The lowest BCUT2D eigenvalue weighted by Gasteiger charge is -2.29. The van der Waals surface area contributed by atoms with E-state index in [0.717, 1.165) is 0 Å². The third-order valence-corrected chi connectivity index (χ3v) is 3.32. The van der Waals surface area contributed by atoms with E-state index >= 15 is 0 Å². The van der Waals surface area contributed by atoms with Gasteiger partial charge < -0.3 is 24.8 Å². The van der Waals surface area contributed by atoms with Gasteiger partial charge in [-0.15, -0.1) is 0 Å². The standard InChI is InChI=1S/C15H20N2O5/c1-10(18)16-11-3-4-14(13(7-11)15(19)20)17(2)8-12-9-21-5-6-22-12/h3-4,7,12H,5-6,8-9H2,1-2H3,(H,16,18)(H,19,20)/t12-/m0/s1. The number of hydrogen-bond donors (Lipinski definition) is 2. The average Bonchev–Trinajstić information content (AvgIpc) is 2.47. The molecule has 1 atom stereocenters. The molecule has 0 aliphatic carbocycles. The number of ether oxygens (including phenoxy) is 2. The molecule has 1 saturated heterocycles. The van der Waals surface area contributed by atoms with Crippen LogP contribution in [0.25, 0.3) is 0 Å². The minimum atomic E-state index is -1.05. The van der Waals surface area contributed by atoms with Crippen molar-refractivity contribution in [2.75, 3.05) is 43.6 Å². The smallest absolute Gasteiger partial charge is 0.337 e. The van der Waals surface area contributed by atoms with Gasteiger partial charge in [0.1, 0.15) is 0 Å². The Kier molecular flexibility index (Phi) is 5.35. The van der Waals surface area contributed by atoms with Gasteiger partial charge in [-0.05, 0) is 18.2 Å². The van der Waals surface area contributed by atoms with E-state index in [2.05, 4.69) is 5.32 Å². The van der Waals surface area contributed by atoms with Crippen LogP contribution in [-0.4, -0.2) is 56.5 Å². The number of anilines is 2. The van der Waals surface area contributed by atoms with Gasteiger partial charge in [0.05, 0.1) is 37.2 Å². The Morgan fingerprint density at radius 3 is 2.77 bits per heavy atom. The third kappa shape index (κ3) is 4.19. The molecule has 2 rings (SSSR count). The fourth-order valence-corrected chi connectivity index (χ4v) is 2.37. The second kappa shape index (κ2) is 7.24. The Labute approximate surface area is 128 Å². The summed E-state index contributed by atoms with van der Waals surface area (Å²) in [5.74, 6) is -1.29. The molecular formula is C15H20N2O5. The van der Waals surface area contributed by atoms with Crippen LogP contribution >= 0.6 is 0 Å². The van der Waals surface area contributed by atoms with Crippen LogP contribution in [0.1, 0.15) is 17.3 Å². The summed E-state index contributed by atoms with van der Waals surface area (Å²) in [7, 11) is 1.80. The number of likely N-dealkylation sites (N-methyl/N-ethyl adjacent to an activating group) is 1. The van der Waals surface area contributed by atoms with Gasteiger partial charge in [-0.25, -0.2) is 4.79 Å². The van der Waals surface area contributed by atoms with Gasteiger partial charge in [-0.2, -0.15) is 0 Å². The highest BCUT2D eigenvalue weighted by molar-refractivity contribution is 5.97. The molecule has 1 fully saturated rings. The minimum absolute atomic E-state index is 0.0876. The first kappa shape index (κ1) is 16.3. The Morgan fingerprint density at radius 2 is 2.18 bits per heavy atom. The van der Waals surface area contributed by atoms with Gasteiger partial charge in [0, 0.05) is 26.2 Å². The highest BCUT2D eigenvalue weighted by atomic mass is 16.6. The summed E-state index contributed by atoms with van der Waals surface area (Å²) >= 11 is 0. The Hall–Kier alpha value is -2.12. The molecule has 1 aliphatic rings. The number of hydrogen-bond acceptors (Lipinski definition) is 5. The minimum Gasteiger partial charge on any atom is -0.478 e. The molecule has 120 valence electrons. The fraction of sp³-hybridized carbons (Fsp3) is 0.467. The van der Waals surface area contributed by atoms with E-state index < -0.39 is 5.97 Å². The Morgan fingerprint density at radius 1 is 1.41 bits per heavy atom. The lowest BCUT2D eigenvalue weighted by Crippen LogP contribution is -2.38. The highest BCUT2D eigenvalue weighted by Gasteiger charge is 2.20. The van der Waals surface area contributed by atoms with Crippen LogP contribution in [0, 0.1) is 0 Å². The zero-order chi connectivity index (χ0) is 16.1. The van der Waals surface area contributed by atoms with E-state index in [0.29, 0.717) is 37.7 Å². The topological polar surface area (TPSA) is 88.1 Å². The molecule has 1 aromatic rings. The van der Waals surface area contributed by atoms with Gasteiger partial charge in [-0.3, -0.25) is 4.79 Å². The molecular weight excluding hydrogens is 288 g/mol. The van der Waals surface area contributed by atoms with Gasteiger partial charge in [0.2, 0.25) is 5.91 Å². The summed E-state index contributed by atoms with van der Waals surface area (Å²) in [4.78, 5) is 24.4. The van der Waals surface area contributed by atoms with Crippen LogP contribution in [-0.2, 0) is 14.3 Å². The maximum Gasteiger partial charge on any atom is 0.337 e. The molecule has 1 aliphatic heterocycles. The molecule has 0 aromatic heterocycles. The molecule has 0 saturated carbocycles. The summed E-state index contributed by atoms with van der Waals surface area (Å²) in [6.07, 6.45) is -0.0876. The number of carboxylic acids is 1. The van der Waals surface area contributed by atoms with Gasteiger partial charge in [0.25, 0.3) is 0 Å². The number of carbonyl (C=O) groups is 2. The number of nitrogens with one attached hydrogen (secondary N) is 1. The van der Waals surface area contributed by atoms with Crippen LogP contribution in [0.3, 0.4) is 0 Å². The zero-order valence-corrected chi connectivity index (χ0v) is 12.7. The molecule has 0 bridgehead atoms. The third-order valence-electron chi connectivity index (χ3n) is 3.32. The second-order valence-electron chi connectivity index (χ2n) is 5.17. The van der Waals surface area contributed by atoms with Crippen molar-refractivity contribution in [1.82, 2.24) is 0 Å². The van der Waals surface area contributed by atoms with E-state index in [4.69, 9.17) is 9.47 Å². The molecule has 7 nitrogen and oxygen atoms in total.